The molecular formula is C14H19BrN2O. The average Bonchev–Trinajstić information content (AvgIpc) is 2.38. The van der Waals surface area contributed by atoms with Crippen molar-refractivity contribution in [2.45, 2.75) is 26.7 Å². The largest absolute Gasteiger partial charge is 0.337 e. The highest BCUT2D eigenvalue weighted by Gasteiger charge is 2.25. The summed E-state index contributed by atoms with van der Waals surface area (Å²) < 4.78 is 0.713. The van der Waals surface area contributed by atoms with Gasteiger partial charge in [0.25, 0.3) is 5.91 Å². The van der Waals surface area contributed by atoms with Crippen molar-refractivity contribution in [3.05, 3.63) is 28.5 Å². The molecular weight excluding hydrogens is 292 g/mol. The van der Waals surface area contributed by atoms with E-state index in [4.69, 9.17) is 0 Å². The van der Waals surface area contributed by atoms with Gasteiger partial charge in [-0.05, 0) is 52.7 Å². The molecule has 4 heteroatoms. The normalized spacial score (nSPS) is 17.2. The Bertz CT molecular complexity index is 426. The Morgan fingerprint density at radius 2 is 2.06 bits per heavy atom. The predicted octanol–water partition coefficient (Wildman–Crippen LogP) is 3.35. The quantitative estimate of drug-likeness (QED) is 0.785. The van der Waals surface area contributed by atoms with Crippen LogP contribution in [0.3, 0.4) is 0 Å². The number of amides is 1. The molecule has 0 unspecified atom stereocenters. The lowest BCUT2D eigenvalue weighted by Crippen LogP contribution is -2.39. The van der Waals surface area contributed by atoms with E-state index >= 15 is 0 Å². The average molecular weight is 311 g/mol. The molecule has 18 heavy (non-hydrogen) atoms. The summed E-state index contributed by atoms with van der Waals surface area (Å²) in [7, 11) is 0. The van der Waals surface area contributed by atoms with Crippen molar-refractivity contribution in [3.8, 4) is 0 Å². The Morgan fingerprint density at radius 1 is 1.39 bits per heavy atom. The first-order valence-electron chi connectivity index (χ1n) is 6.49. The van der Waals surface area contributed by atoms with E-state index in [2.05, 4.69) is 34.8 Å². The van der Waals surface area contributed by atoms with E-state index in [-0.39, 0.29) is 5.91 Å². The number of carbonyl (C=O) groups is 1. The SMILES string of the molecule is CC(C)C1CCN(C(=O)c2cccc(Br)n2)CC1. The van der Waals surface area contributed by atoms with E-state index in [1.807, 2.05) is 17.0 Å². The number of hydrogen-bond acceptors (Lipinski definition) is 2. The minimum absolute atomic E-state index is 0.0542. The standard InChI is InChI=1S/C14H19BrN2O/c1-10(2)11-6-8-17(9-7-11)14(18)12-4-3-5-13(15)16-12/h3-5,10-11H,6-9H2,1-2H3. The Morgan fingerprint density at radius 3 is 2.61 bits per heavy atom. The lowest BCUT2D eigenvalue weighted by Gasteiger charge is -2.33. The number of pyridine rings is 1. The summed E-state index contributed by atoms with van der Waals surface area (Å²) in [4.78, 5) is 18.4. The summed E-state index contributed by atoms with van der Waals surface area (Å²) in [6, 6.07) is 5.47. The molecule has 0 N–H and O–H groups in total. The first-order chi connectivity index (χ1) is 8.58. The number of halogens is 1. The Balaban J connectivity index is 1.99. The van der Waals surface area contributed by atoms with Crippen LogP contribution in [0.15, 0.2) is 22.8 Å². The fourth-order valence-corrected chi connectivity index (χ4v) is 2.80. The summed E-state index contributed by atoms with van der Waals surface area (Å²) in [6.45, 7) is 6.24. The Kier molecular flexibility index (Phi) is 4.38. The van der Waals surface area contributed by atoms with Gasteiger partial charge in [-0.1, -0.05) is 19.9 Å². The minimum Gasteiger partial charge on any atom is -0.337 e. The number of likely N-dealkylation sites (tertiary alicyclic amines) is 1. The van der Waals surface area contributed by atoms with Crippen molar-refractivity contribution >= 4 is 21.8 Å². The van der Waals surface area contributed by atoms with Crippen LogP contribution < -0.4 is 0 Å². The molecule has 0 saturated carbocycles. The highest BCUT2D eigenvalue weighted by atomic mass is 79.9. The van der Waals surface area contributed by atoms with Gasteiger partial charge in [0.1, 0.15) is 10.3 Å². The number of hydrogen-bond donors (Lipinski definition) is 0. The van der Waals surface area contributed by atoms with Gasteiger partial charge in [-0.2, -0.15) is 0 Å². The number of rotatable bonds is 2. The molecule has 0 spiro atoms. The van der Waals surface area contributed by atoms with Gasteiger partial charge in [-0.25, -0.2) is 4.98 Å². The van der Waals surface area contributed by atoms with Crippen LogP contribution in [0.1, 0.15) is 37.2 Å². The first-order valence-corrected chi connectivity index (χ1v) is 7.29. The molecule has 0 aromatic carbocycles. The van der Waals surface area contributed by atoms with Gasteiger partial charge in [0, 0.05) is 13.1 Å². The van der Waals surface area contributed by atoms with E-state index in [1.54, 1.807) is 6.07 Å². The number of aromatic nitrogens is 1. The maximum atomic E-state index is 12.3. The molecule has 0 bridgehead atoms. The van der Waals surface area contributed by atoms with E-state index < -0.39 is 0 Å². The second-order valence-electron chi connectivity index (χ2n) is 5.22. The summed E-state index contributed by atoms with van der Waals surface area (Å²) in [6.07, 6.45) is 2.22. The van der Waals surface area contributed by atoms with Gasteiger partial charge < -0.3 is 4.90 Å². The van der Waals surface area contributed by atoms with Crippen LogP contribution >= 0.6 is 15.9 Å². The third kappa shape index (κ3) is 3.10. The smallest absolute Gasteiger partial charge is 0.272 e. The van der Waals surface area contributed by atoms with Crippen LogP contribution in [0.4, 0.5) is 0 Å². The van der Waals surface area contributed by atoms with E-state index in [1.165, 1.54) is 0 Å². The lowest BCUT2D eigenvalue weighted by molar-refractivity contribution is 0.0661. The summed E-state index contributed by atoms with van der Waals surface area (Å²) in [5.41, 5.74) is 0.535. The molecule has 1 aromatic rings. The van der Waals surface area contributed by atoms with Gasteiger partial charge in [-0.15, -0.1) is 0 Å². The zero-order valence-electron chi connectivity index (χ0n) is 10.9. The minimum atomic E-state index is 0.0542. The van der Waals surface area contributed by atoms with Crippen molar-refractivity contribution in [2.24, 2.45) is 11.8 Å². The van der Waals surface area contributed by atoms with Gasteiger partial charge in [-0.3, -0.25) is 4.79 Å². The van der Waals surface area contributed by atoms with Crippen LogP contribution in [0.5, 0.6) is 0 Å². The third-order valence-corrected chi connectivity index (χ3v) is 4.15. The second kappa shape index (κ2) is 5.83. The van der Waals surface area contributed by atoms with Gasteiger partial charge in [0.2, 0.25) is 0 Å². The Labute approximate surface area is 117 Å². The molecule has 1 aromatic heterocycles. The topological polar surface area (TPSA) is 33.2 Å². The molecule has 1 fully saturated rings. The molecule has 0 atom stereocenters. The van der Waals surface area contributed by atoms with Crippen LogP contribution in [-0.4, -0.2) is 28.9 Å². The van der Waals surface area contributed by atoms with Gasteiger partial charge in [0.15, 0.2) is 0 Å². The molecule has 98 valence electrons. The maximum Gasteiger partial charge on any atom is 0.272 e. The molecule has 3 nitrogen and oxygen atoms in total. The van der Waals surface area contributed by atoms with Crippen molar-refractivity contribution in [1.82, 2.24) is 9.88 Å². The highest BCUT2D eigenvalue weighted by Crippen LogP contribution is 2.25. The predicted molar refractivity (Wildman–Crippen MR) is 75.4 cm³/mol. The fourth-order valence-electron chi connectivity index (χ4n) is 2.46. The van der Waals surface area contributed by atoms with Crippen molar-refractivity contribution in [2.75, 3.05) is 13.1 Å². The molecule has 1 aliphatic rings. The highest BCUT2D eigenvalue weighted by molar-refractivity contribution is 9.10. The molecule has 2 rings (SSSR count). The van der Waals surface area contributed by atoms with E-state index in [0.29, 0.717) is 16.2 Å². The molecule has 0 aliphatic carbocycles. The van der Waals surface area contributed by atoms with Crippen LogP contribution in [0, 0.1) is 11.8 Å². The summed E-state index contributed by atoms with van der Waals surface area (Å²) >= 11 is 3.30. The number of nitrogens with zero attached hydrogens (tertiary/aromatic N) is 2. The van der Waals surface area contributed by atoms with Crippen molar-refractivity contribution in [1.29, 1.82) is 0 Å². The van der Waals surface area contributed by atoms with Crippen LogP contribution in [0.2, 0.25) is 0 Å². The number of piperidine rings is 1. The summed E-state index contributed by atoms with van der Waals surface area (Å²) in [5.74, 6) is 1.52. The molecule has 0 radical (unpaired) electrons. The van der Waals surface area contributed by atoms with Gasteiger partial charge >= 0.3 is 0 Å². The van der Waals surface area contributed by atoms with Gasteiger partial charge in [0.05, 0.1) is 0 Å². The fraction of sp³-hybridized carbons (Fsp3) is 0.571. The monoisotopic (exact) mass is 310 g/mol. The summed E-state index contributed by atoms with van der Waals surface area (Å²) in [5, 5.41) is 0. The lowest BCUT2D eigenvalue weighted by atomic mass is 9.86. The zero-order chi connectivity index (χ0) is 13.1. The third-order valence-electron chi connectivity index (χ3n) is 3.70. The van der Waals surface area contributed by atoms with Crippen LogP contribution in [0.25, 0.3) is 0 Å². The Hall–Kier alpha value is -0.900. The first kappa shape index (κ1) is 13.5. The molecule has 1 amide bonds. The van der Waals surface area contributed by atoms with Crippen molar-refractivity contribution < 1.29 is 4.79 Å². The van der Waals surface area contributed by atoms with E-state index in [0.717, 1.165) is 31.8 Å². The van der Waals surface area contributed by atoms with Crippen molar-refractivity contribution in [3.63, 3.8) is 0 Å². The molecule has 2 heterocycles. The second-order valence-corrected chi connectivity index (χ2v) is 6.03. The van der Waals surface area contributed by atoms with E-state index in [9.17, 15) is 4.79 Å². The van der Waals surface area contributed by atoms with Crippen LogP contribution in [-0.2, 0) is 0 Å². The maximum absolute atomic E-state index is 12.3. The molecule has 1 saturated heterocycles. The molecule has 1 aliphatic heterocycles. The zero-order valence-corrected chi connectivity index (χ0v) is 12.5. The number of carbonyl (C=O) groups excluding carboxylic acids is 1.